The number of aromatic nitrogens is 2. The van der Waals surface area contributed by atoms with Crippen molar-refractivity contribution in [2.45, 2.75) is 13.8 Å². The number of nitrogens with zero attached hydrogens (tertiary/aromatic N) is 2. The van der Waals surface area contributed by atoms with Crippen LogP contribution in [0.1, 0.15) is 21.7 Å². The van der Waals surface area contributed by atoms with E-state index >= 15 is 0 Å². The van der Waals surface area contributed by atoms with Crippen LogP contribution in [-0.4, -0.2) is 15.9 Å². The quantitative estimate of drug-likeness (QED) is 0.927. The van der Waals surface area contributed by atoms with Gasteiger partial charge in [0.15, 0.2) is 0 Å². The summed E-state index contributed by atoms with van der Waals surface area (Å²) in [5, 5.41) is 2.82. The molecule has 0 aliphatic carbocycles. The molecular formula is C13H12BrN3O. The van der Waals surface area contributed by atoms with Gasteiger partial charge >= 0.3 is 0 Å². The SMILES string of the molecule is Cc1ccc(NC(=O)c2cncc(Br)c2)c(C)n1. The van der Waals surface area contributed by atoms with Crippen LogP contribution in [0.15, 0.2) is 35.1 Å². The van der Waals surface area contributed by atoms with Crippen molar-refractivity contribution in [1.29, 1.82) is 0 Å². The second kappa shape index (κ2) is 5.27. The van der Waals surface area contributed by atoms with Crippen LogP contribution in [0, 0.1) is 13.8 Å². The number of aryl methyl sites for hydroxylation is 2. The lowest BCUT2D eigenvalue weighted by molar-refractivity contribution is 0.102. The van der Waals surface area contributed by atoms with Crippen molar-refractivity contribution in [3.63, 3.8) is 0 Å². The molecule has 18 heavy (non-hydrogen) atoms. The van der Waals surface area contributed by atoms with Crippen LogP contribution >= 0.6 is 15.9 Å². The first-order valence-corrected chi connectivity index (χ1v) is 6.22. The van der Waals surface area contributed by atoms with Gasteiger partial charge in [-0.25, -0.2) is 0 Å². The van der Waals surface area contributed by atoms with Crippen molar-refractivity contribution in [1.82, 2.24) is 9.97 Å². The van der Waals surface area contributed by atoms with E-state index in [0.29, 0.717) is 11.3 Å². The van der Waals surface area contributed by atoms with Gasteiger partial charge in [-0.15, -0.1) is 0 Å². The number of hydrogen-bond donors (Lipinski definition) is 1. The van der Waals surface area contributed by atoms with Crippen molar-refractivity contribution in [2.24, 2.45) is 0 Å². The van der Waals surface area contributed by atoms with Crippen LogP contribution in [0.2, 0.25) is 0 Å². The Hall–Kier alpha value is -1.75. The molecule has 0 fully saturated rings. The van der Waals surface area contributed by atoms with Gasteiger partial charge in [-0.1, -0.05) is 0 Å². The minimum absolute atomic E-state index is 0.197. The molecular weight excluding hydrogens is 294 g/mol. The van der Waals surface area contributed by atoms with Gasteiger partial charge in [0.1, 0.15) is 0 Å². The molecule has 5 heteroatoms. The molecule has 0 bridgehead atoms. The van der Waals surface area contributed by atoms with Gasteiger partial charge in [0, 0.05) is 22.6 Å². The molecule has 0 radical (unpaired) electrons. The number of amides is 1. The Morgan fingerprint density at radius 3 is 2.72 bits per heavy atom. The molecule has 0 aliphatic rings. The Bertz CT molecular complexity index is 599. The average Bonchev–Trinajstić information content (AvgIpc) is 2.32. The second-order valence-electron chi connectivity index (χ2n) is 3.93. The number of carbonyl (C=O) groups excluding carboxylic acids is 1. The maximum Gasteiger partial charge on any atom is 0.257 e. The lowest BCUT2D eigenvalue weighted by Gasteiger charge is -2.08. The predicted molar refractivity (Wildman–Crippen MR) is 73.6 cm³/mol. The van der Waals surface area contributed by atoms with Crippen molar-refractivity contribution in [2.75, 3.05) is 5.32 Å². The summed E-state index contributed by atoms with van der Waals surface area (Å²) in [4.78, 5) is 20.3. The Kier molecular flexibility index (Phi) is 3.72. The van der Waals surface area contributed by atoms with Crippen LogP contribution in [0.25, 0.3) is 0 Å². The molecule has 0 spiro atoms. The highest BCUT2D eigenvalue weighted by Gasteiger charge is 2.09. The molecule has 1 N–H and O–H groups in total. The highest BCUT2D eigenvalue weighted by molar-refractivity contribution is 9.10. The number of nitrogens with one attached hydrogen (secondary N) is 1. The van der Waals surface area contributed by atoms with Gasteiger partial charge in [0.25, 0.3) is 5.91 Å². The average molecular weight is 306 g/mol. The van der Waals surface area contributed by atoms with Crippen molar-refractivity contribution in [3.8, 4) is 0 Å². The van der Waals surface area contributed by atoms with Crippen LogP contribution in [0.5, 0.6) is 0 Å². The zero-order valence-electron chi connectivity index (χ0n) is 10.1. The van der Waals surface area contributed by atoms with E-state index in [4.69, 9.17) is 0 Å². The fourth-order valence-electron chi connectivity index (χ4n) is 1.55. The van der Waals surface area contributed by atoms with Gasteiger partial charge in [0.05, 0.1) is 16.9 Å². The summed E-state index contributed by atoms with van der Waals surface area (Å²) in [7, 11) is 0. The van der Waals surface area contributed by atoms with E-state index in [1.807, 2.05) is 26.0 Å². The first-order chi connectivity index (χ1) is 8.56. The summed E-state index contributed by atoms with van der Waals surface area (Å²) < 4.78 is 0.772. The summed E-state index contributed by atoms with van der Waals surface area (Å²) in [6.07, 6.45) is 3.16. The molecule has 4 nitrogen and oxygen atoms in total. The standard InChI is InChI=1S/C13H12BrN3O/c1-8-3-4-12(9(2)16-8)17-13(18)10-5-11(14)7-15-6-10/h3-7H,1-2H3,(H,17,18). The highest BCUT2D eigenvalue weighted by atomic mass is 79.9. The van der Waals surface area contributed by atoms with Crippen LogP contribution < -0.4 is 5.32 Å². The zero-order chi connectivity index (χ0) is 13.1. The molecule has 92 valence electrons. The van der Waals surface area contributed by atoms with E-state index in [1.165, 1.54) is 6.20 Å². The third kappa shape index (κ3) is 2.92. The van der Waals surface area contributed by atoms with Crippen molar-refractivity contribution in [3.05, 3.63) is 52.0 Å². The summed E-state index contributed by atoms with van der Waals surface area (Å²) in [6, 6.07) is 5.43. The Balaban J connectivity index is 2.21. The number of anilines is 1. The molecule has 2 rings (SSSR count). The van der Waals surface area contributed by atoms with Gasteiger partial charge in [0.2, 0.25) is 0 Å². The lowest BCUT2D eigenvalue weighted by atomic mass is 10.2. The molecule has 0 aromatic carbocycles. The third-order valence-electron chi connectivity index (χ3n) is 2.44. The minimum Gasteiger partial charge on any atom is -0.320 e. The first kappa shape index (κ1) is 12.7. The Morgan fingerprint density at radius 2 is 2.06 bits per heavy atom. The number of rotatable bonds is 2. The Labute approximate surface area is 114 Å². The van der Waals surface area contributed by atoms with Crippen molar-refractivity contribution >= 4 is 27.5 Å². The van der Waals surface area contributed by atoms with Crippen LogP contribution in [-0.2, 0) is 0 Å². The van der Waals surface area contributed by atoms with E-state index in [1.54, 1.807) is 12.3 Å². The molecule has 2 heterocycles. The largest absolute Gasteiger partial charge is 0.320 e. The number of hydrogen-bond acceptors (Lipinski definition) is 3. The fraction of sp³-hybridized carbons (Fsp3) is 0.154. The normalized spacial score (nSPS) is 10.2. The van der Waals surface area contributed by atoms with Crippen LogP contribution in [0.4, 0.5) is 5.69 Å². The summed E-state index contributed by atoms with van der Waals surface area (Å²) >= 11 is 3.29. The third-order valence-corrected chi connectivity index (χ3v) is 2.87. The van der Waals surface area contributed by atoms with Gasteiger partial charge in [-0.3, -0.25) is 14.8 Å². The number of pyridine rings is 2. The molecule has 2 aromatic heterocycles. The zero-order valence-corrected chi connectivity index (χ0v) is 11.7. The lowest BCUT2D eigenvalue weighted by Crippen LogP contribution is -2.13. The highest BCUT2D eigenvalue weighted by Crippen LogP contribution is 2.15. The number of carbonyl (C=O) groups is 1. The minimum atomic E-state index is -0.197. The van der Waals surface area contributed by atoms with Gasteiger partial charge in [-0.2, -0.15) is 0 Å². The molecule has 0 unspecified atom stereocenters. The second-order valence-corrected chi connectivity index (χ2v) is 4.85. The van der Waals surface area contributed by atoms with E-state index < -0.39 is 0 Å². The van der Waals surface area contributed by atoms with Crippen molar-refractivity contribution < 1.29 is 4.79 Å². The molecule has 2 aromatic rings. The van der Waals surface area contributed by atoms with E-state index in [0.717, 1.165) is 15.9 Å². The topological polar surface area (TPSA) is 54.9 Å². The number of halogens is 1. The monoisotopic (exact) mass is 305 g/mol. The summed E-state index contributed by atoms with van der Waals surface area (Å²) in [6.45, 7) is 3.78. The molecule has 1 amide bonds. The maximum absolute atomic E-state index is 12.0. The molecule has 0 aliphatic heterocycles. The molecule has 0 saturated heterocycles. The first-order valence-electron chi connectivity index (χ1n) is 5.42. The van der Waals surface area contributed by atoms with E-state index in [2.05, 4.69) is 31.2 Å². The van der Waals surface area contributed by atoms with Gasteiger partial charge in [-0.05, 0) is 48.0 Å². The van der Waals surface area contributed by atoms with Crippen LogP contribution in [0.3, 0.4) is 0 Å². The summed E-state index contributed by atoms with van der Waals surface area (Å²) in [5.41, 5.74) is 2.94. The summed E-state index contributed by atoms with van der Waals surface area (Å²) in [5.74, 6) is -0.197. The van der Waals surface area contributed by atoms with Gasteiger partial charge < -0.3 is 5.32 Å². The maximum atomic E-state index is 12.0. The predicted octanol–water partition coefficient (Wildman–Crippen LogP) is 3.11. The van der Waals surface area contributed by atoms with E-state index in [-0.39, 0.29) is 5.91 Å². The molecule has 0 saturated carbocycles. The molecule has 0 atom stereocenters. The smallest absolute Gasteiger partial charge is 0.257 e. The fourth-order valence-corrected chi connectivity index (χ4v) is 1.91. The Morgan fingerprint density at radius 1 is 1.28 bits per heavy atom. The van der Waals surface area contributed by atoms with E-state index in [9.17, 15) is 4.79 Å².